The molecule has 1 N–H and O–H groups in total. The standard InChI is InChI=1S/C13H16N2O3/c1-3-11-15-9(2)12(18-11)13(16)14-7-6-10-5-4-8-17-10/h4-5,8H,3,6-7H2,1-2H3,(H,14,16). The Kier molecular flexibility index (Phi) is 3.82. The molecule has 2 aromatic heterocycles. The summed E-state index contributed by atoms with van der Waals surface area (Å²) >= 11 is 0. The van der Waals surface area contributed by atoms with Crippen molar-refractivity contribution in [1.82, 2.24) is 10.3 Å². The second kappa shape index (κ2) is 5.53. The summed E-state index contributed by atoms with van der Waals surface area (Å²) in [6.07, 6.45) is 2.96. The zero-order valence-electron chi connectivity index (χ0n) is 10.5. The van der Waals surface area contributed by atoms with E-state index in [1.165, 1.54) is 0 Å². The summed E-state index contributed by atoms with van der Waals surface area (Å²) in [6.45, 7) is 4.21. The maximum Gasteiger partial charge on any atom is 0.289 e. The van der Waals surface area contributed by atoms with Crippen molar-refractivity contribution in [2.24, 2.45) is 0 Å². The Morgan fingerprint density at radius 2 is 2.33 bits per heavy atom. The molecular weight excluding hydrogens is 232 g/mol. The summed E-state index contributed by atoms with van der Waals surface area (Å²) < 4.78 is 10.5. The molecule has 0 atom stereocenters. The van der Waals surface area contributed by atoms with Crippen LogP contribution in [0, 0.1) is 6.92 Å². The van der Waals surface area contributed by atoms with Gasteiger partial charge < -0.3 is 14.2 Å². The van der Waals surface area contributed by atoms with Gasteiger partial charge in [-0.25, -0.2) is 4.98 Å². The van der Waals surface area contributed by atoms with E-state index < -0.39 is 0 Å². The highest BCUT2D eigenvalue weighted by molar-refractivity contribution is 5.92. The van der Waals surface area contributed by atoms with Gasteiger partial charge in [-0.2, -0.15) is 0 Å². The second-order valence-electron chi connectivity index (χ2n) is 3.96. The molecule has 0 bridgehead atoms. The number of carbonyl (C=O) groups is 1. The number of carbonyl (C=O) groups excluding carboxylic acids is 1. The molecular formula is C13H16N2O3. The Bertz CT molecular complexity index is 514. The smallest absolute Gasteiger partial charge is 0.289 e. The van der Waals surface area contributed by atoms with Gasteiger partial charge in [0.2, 0.25) is 5.76 Å². The van der Waals surface area contributed by atoms with E-state index in [2.05, 4.69) is 10.3 Å². The van der Waals surface area contributed by atoms with Crippen LogP contribution < -0.4 is 5.32 Å². The maximum absolute atomic E-state index is 11.8. The lowest BCUT2D eigenvalue weighted by Gasteiger charge is -2.01. The fourth-order valence-corrected chi connectivity index (χ4v) is 1.65. The van der Waals surface area contributed by atoms with Gasteiger partial charge in [-0.15, -0.1) is 0 Å². The Hall–Kier alpha value is -2.04. The van der Waals surface area contributed by atoms with Crippen LogP contribution in [0.1, 0.15) is 34.8 Å². The number of rotatable bonds is 5. The third-order valence-corrected chi connectivity index (χ3v) is 2.59. The number of hydrogen-bond acceptors (Lipinski definition) is 4. The third-order valence-electron chi connectivity index (χ3n) is 2.59. The Morgan fingerprint density at radius 1 is 1.50 bits per heavy atom. The molecule has 2 rings (SSSR count). The van der Waals surface area contributed by atoms with E-state index in [4.69, 9.17) is 8.83 Å². The summed E-state index contributed by atoms with van der Waals surface area (Å²) in [5, 5.41) is 2.78. The highest BCUT2D eigenvalue weighted by Gasteiger charge is 2.16. The first-order chi connectivity index (χ1) is 8.70. The van der Waals surface area contributed by atoms with Gasteiger partial charge in [-0.1, -0.05) is 6.92 Å². The predicted molar refractivity (Wildman–Crippen MR) is 65.4 cm³/mol. The number of nitrogens with one attached hydrogen (secondary N) is 1. The van der Waals surface area contributed by atoms with E-state index in [-0.39, 0.29) is 5.91 Å². The zero-order valence-corrected chi connectivity index (χ0v) is 10.5. The van der Waals surface area contributed by atoms with Crippen LogP contribution in [0.25, 0.3) is 0 Å². The van der Waals surface area contributed by atoms with Crippen LogP contribution in [-0.4, -0.2) is 17.4 Å². The normalized spacial score (nSPS) is 10.6. The number of nitrogens with zero attached hydrogens (tertiary/aromatic N) is 1. The molecule has 2 aromatic rings. The molecule has 5 nitrogen and oxygen atoms in total. The molecule has 0 aliphatic carbocycles. The van der Waals surface area contributed by atoms with Crippen LogP contribution in [0.3, 0.4) is 0 Å². The van der Waals surface area contributed by atoms with Gasteiger partial charge in [0.25, 0.3) is 5.91 Å². The molecule has 0 fully saturated rings. The van der Waals surface area contributed by atoms with Gasteiger partial charge in [0.05, 0.1) is 12.0 Å². The number of oxazole rings is 1. The van der Waals surface area contributed by atoms with Crippen molar-refractivity contribution in [1.29, 1.82) is 0 Å². The summed E-state index contributed by atoms with van der Waals surface area (Å²) in [7, 11) is 0. The zero-order chi connectivity index (χ0) is 13.0. The Morgan fingerprint density at radius 3 is 2.94 bits per heavy atom. The minimum absolute atomic E-state index is 0.230. The number of aryl methyl sites for hydroxylation is 2. The van der Waals surface area contributed by atoms with Gasteiger partial charge in [0, 0.05) is 19.4 Å². The van der Waals surface area contributed by atoms with E-state index in [9.17, 15) is 4.79 Å². The number of hydrogen-bond donors (Lipinski definition) is 1. The predicted octanol–water partition coefficient (Wildman–Crippen LogP) is 2.11. The fourth-order valence-electron chi connectivity index (χ4n) is 1.65. The van der Waals surface area contributed by atoms with Crippen molar-refractivity contribution in [2.45, 2.75) is 26.7 Å². The summed E-state index contributed by atoms with van der Waals surface area (Å²) in [6, 6.07) is 3.70. The van der Waals surface area contributed by atoms with E-state index in [0.29, 0.717) is 36.7 Å². The van der Waals surface area contributed by atoms with E-state index in [0.717, 1.165) is 5.76 Å². The van der Waals surface area contributed by atoms with Crippen molar-refractivity contribution < 1.29 is 13.6 Å². The molecule has 0 saturated carbocycles. The monoisotopic (exact) mass is 248 g/mol. The van der Waals surface area contributed by atoms with Gasteiger partial charge >= 0.3 is 0 Å². The minimum atomic E-state index is -0.230. The fraction of sp³-hybridized carbons (Fsp3) is 0.385. The average molecular weight is 248 g/mol. The van der Waals surface area contributed by atoms with Crippen molar-refractivity contribution in [3.8, 4) is 0 Å². The summed E-state index contributed by atoms with van der Waals surface area (Å²) in [5.41, 5.74) is 0.627. The van der Waals surface area contributed by atoms with E-state index in [1.54, 1.807) is 13.2 Å². The molecule has 0 aliphatic heterocycles. The van der Waals surface area contributed by atoms with Gasteiger partial charge in [0.15, 0.2) is 5.89 Å². The van der Waals surface area contributed by atoms with Crippen LogP contribution in [-0.2, 0) is 12.8 Å². The first-order valence-electron chi connectivity index (χ1n) is 5.97. The lowest BCUT2D eigenvalue weighted by Crippen LogP contribution is -2.25. The quantitative estimate of drug-likeness (QED) is 0.879. The van der Waals surface area contributed by atoms with Crippen molar-refractivity contribution in [2.75, 3.05) is 6.54 Å². The highest BCUT2D eigenvalue weighted by Crippen LogP contribution is 2.10. The molecule has 0 unspecified atom stereocenters. The molecule has 5 heteroatoms. The molecule has 0 aliphatic rings. The first-order valence-corrected chi connectivity index (χ1v) is 5.97. The maximum atomic E-state index is 11.8. The topological polar surface area (TPSA) is 68.3 Å². The van der Waals surface area contributed by atoms with Crippen LogP contribution >= 0.6 is 0 Å². The molecule has 2 heterocycles. The van der Waals surface area contributed by atoms with Crippen LogP contribution in [0.15, 0.2) is 27.2 Å². The molecule has 1 amide bonds. The Labute approximate surface area is 105 Å². The van der Waals surface area contributed by atoms with E-state index in [1.807, 2.05) is 19.1 Å². The Balaban J connectivity index is 1.89. The molecule has 96 valence electrons. The minimum Gasteiger partial charge on any atom is -0.469 e. The summed E-state index contributed by atoms with van der Waals surface area (Å²) in [5.74, 6) is 1.50. The van der Waals surface area contributed by atoms with Crippen molar-refractivity contribution in [3.05, 3.63) is 41.5 Å². The van der Waals surface area contributed by atoms with Crippen molar-refractivity contribution >= 4 is 5.91 Å². The molecule has 0 spiro atoms. The van der Waals surface area contributed by atoms with Crippen LogP contribution in [0.2, 0.25) is 0 Å². The van der Waals surface area contributed by atoms with E-state index >= 15 is 0 Å². The number of amides is 1. The summed E-state index contributed by atoms with van der Waals surface area (Å²) in [4.78, 5) is 16.0. The largest absolute Gasteiger partial charge is 0.469 e. The first kappa shape index (κ1) is 12.4. The average Bonchev–Trinajstić information content (AvgIpc) is 2.98. The van der Waals surface area contributed by atoms with Gasteiger partial charge in [0.1, 0.15) is 5.76 Å². The number of furan rings is 1. The molecule has 18 heavy (non-hydrogen) atoms. The molecule has 0 aromatic carbocycles. The van der Waals surface area contributed by atoms with Crippen LogP contribution in [0.4, 0.5) is 0 Å². The molecule has 0 saturated heterocycles. The van der Waals surface area contributed by atoms with Crippen molar-refractivity contribution in [3.63, 3.8) is 0 Å². The SMILES string of the molecule is CCc1nc(C)c(C(=O)NCCc2ccco2)o1. The third kappa shape index (κ3) is 2.80. The van der Waals surface area contributed by atoms with Crippen LogP contribution in [0.5, 0.6) is 0 Å². The molecule has 0 radical (unpaired) electrons. The highest BCUT2D eigenvalue weighted by atomic mass is 16.4. The van der Waals surface area contributed by atoms with Gasteiger partial charge in [-0.3, -0.25) is 4.79 Å². The lowest BCUT2D eigenvalue weighted by molar-refractivity contribution is 0.0923. The van der Waals surface area contributed by atoms with Gasteiger partial charge in [-0.05, 0) is 19.1 Å². The second-order valence-corrected chi connectivity index (χ2v) is 3.96. The number of aromatic nitrogens is 1. The lowest BCUT2D eigenvalue weighted by atomic mass is 10.3.